The normalized spacial score (nSPS) is 10.6. The van der Waals surface area contributed by atoms with Gasteiger partial charge >= 0.3 is 5.97 Å². The second-order valence-corrected chi connectivity index (χ2v) is 4.32. The van der Waals surface area contributed by atoms with Gasteiger partial charge in [-0.3, -0.25) is 4.68 Å². The van der Waals surface area contributed by atoms with Crippen LogP contribution in [0.3, 0.4) is 0 Å². The Balaban J connectivity index is 2.58. The minimum absolute atomic E-state index is 0.305. The molecule has 0 aliphatic rings. The first-order valence-electron chi connectivity index (χ1n) is 5.91. The molecular formula is C14H16N2O2. The second kappa shape index (κ2) is 4.64. The van der Waals surface area contributed by atoms with Crippen LogP contribution < -0.4 is 0 Å². The molecule has 0 aliphatic carbocycles. The largest absolute Gasteiger partial charge is 0.478 e. The summed E-state index contributed by atoms with van der Waals surface area (Å²) < 4.78 is 1.86. The quantitative estimate of drug-likeness (QED) is 0.903. The number of hydrogen-bond donors (Lipinski definition) is 1. The molecule has 94 valence electrons. The van der Waals surface area contributed by atoms with Crippen LogP contribution in [0.15, 0.2) is 24.4 Å². The Kier molecular flexibility index (Phi) is 3.19. The summed E-state index contributed by atoms with van der Waals surface area (Å²) in [6.45, 7) is 6.74. The van der Waals surface area contributed by atoms with Crippen LogP contribution in [0.1, 0.15) is 28.5 Å². The number of nitrogens with zero attached hydrogens (tertiary/aromatic N) is 2. The van der Waals surface area contributed by atoms with Crippen LogP contribution in [0, 0.1) is 13.8 Å². The van der Waals surface area contributed by atoms with Gasteiger partial charge in [-0.1, -0.05) is 6.07 Å². The van der Waals surface area contributed by atoms with E-state index in [2.05, 4.69) is 5.10 Å². The fourth-order valence-corrected chi connectivity index (χ4v) is 1.99. The molecule has 0 amide bonds. The smallest absolute Gasteiger partial charge is 0.335 e. The summed E-state index contributed by atoms with van der Waals surface area (Å²) in [6, 6.07) is 5.17. The lowest BCUT2D eigenvalue weighted by Crippen LogP contribution is -1.97. The van der Waals surface area contributed by atoms with E-state index in [9.17, 15) is 4.79 Å². The molecule has 0 aliphatic heterocycles. The monoisotopic (exact) mass is 244 g/mol. The van der Waals surface area contributed by atoms with Crippen LogP contribution in [0.2, 0.25) is 0 Å². The van der Waals surface area contributed by atoms with Crippen LogP contribution in [0.5, 0.6) is 0 Å². The Hall–Kier alpha value is -2.10. The Morgan fingerprint density at radius 2 is 2.06 bits per heavy atom. The third-order valence-electron chi connectivity index (χ3n) is 3.05. The summed E-state index contributed by atoms with van der Waals surface area (Å²) in [4.78, 5) is 11.0. The maximum atomic E-state index is 11.0. The molecule has 0 saturated carbocycles. The van der Waals surface area contributed by atoms with Crippen molar-refractivity contribution in [2.45, 2.75) is 27.3 Å². The number of aryl methyl sites for hydroxylation is 3. The van der Waals surface area contributed by atoms with E-state index in [1.165, 1.54) is 0 Å². The fourth-order valence-electron chi connectivity index (χ4n) is 1.99. The van der Waals surface area contributed by atoms with Crippen LogP contribution in [-0.2, 0) is 6.54 Å². The van der Waals surface area contributed by atoms with Gasteiger partial charge in [0.05, 0.1) is 11.3 Å². The summed E-state index contributed by atoms with van der Waals surface area (Å²) in [7, 11) is 0. The Morgan fingerprint density at radius 1 is 1.33 bits per heavy atom. The van der Waals surface area contributed by atoms with Gasteiger partial charge in [0.1, 0.15) is 0 Å². The van der Waals surface area contributed by atoms with E-state index in [4.69, 9.17) is 5.11 Å². The minimum Gasteiger partial charge on any atom is -0.478 e. The summed E-state index contributed by atoms with van der Waals surface area (Å²) in [5.74, 6) is -0.906. The predicted molar refractivity (Wildman–Crippen MR) is 69.8 cm³/mol. The maximum Gasteiger partial charge on any atom is 0.335 e. The van der Waals surface area contributed by atoms with Crippen molar-refractivity contribution in [3.63, 3.8) is 0 Å². The van der Waals surface area contributed by atoms with Crippen molar-refractivity contribution in [2.24, 2.45) is 0 Å². The molecule has 4 nitrogen and oxygen atoms in total. The van der Waals surface area contributed by atoms with Gasteiger partial charge in [0, 0.05) is 18.3 Å². The zero-order valence-corrected chi connectivity index (χ0v) is 10.8. The number of carbonyl (C=O) groups is 1. The molecule has 4 heteroatoms. The third kappa shape index (κ3) is 2.14. The summed E-state index contributed by atoms with van der Waals surface area (Å²) >= 11 is 0. The van der Waals surface area contributed by atoms with E-state index in [0.717, 1.165) is 28.9 Å². The van der Waals surface area contributed by atoms with Crippen molar-refractivity contribution in [3.8, 4) is 11.1 Å². The van der Waals surface area contributed by atoms with Crippen molar-refractivity contribution in [3.05, 3.63) is 41.2 Å². The molecule has 1 aromatic heterocycles. The highest BCUT2D eigenvalue weighted by molar-refractivity contribution is 5.90. The molecule has 1 aromatic carbocycles. The van der Waals surface area contributed by atoms with E-state index in [1.807, 2.05) is 37.7 Å². The molecule has 2 rings (SSSR count). The Morgan fingerprint density at radius 3 is 2.61 bits per heavy atom. The van der Waals surface area contributed by atoms with Gasteiger partial charge in [-0.2, -0.15) is 5.10 Å². The lowest BCUT2D eigenvalue weighted by molar-refractivity contribution is 0.0697. The van der Waals surface area contributed by atoms with Gasteiger partial charge in [0.15, 0.2) is 0 Å². The first-order valence-corrected chi connectivity index (χ1v) is 5.91. The number of benzene rings is 1. The average Bonchev–Trinajstić information content (AvgIpc) is 2.71. The van der Waals surface area contributed by atoms with Gasteiger partial charge in [0.2, 0.25) is 0 Å². The number of hydrogen-bond acceptors (Lipinski definition) is 2. The van der Waals surface area contributed by atoms with E-state index < -0.39 is 5.97 Å². The lowest BCUT2D eigenvalue weighted by Gasteiger charge is -2.05. The highest BCUT2D eigenvalue weighted by Crippen LogP contribution is 2.27. The number of carboxylic acids is 1. The lowest BCUT2D eigenvalue weighted by atomic mass is 9.99. The van der Waals surface area contributed by atoms with Crippen molar-refractivity contribution < 1.29 is 9.90 Å². The van der Waals surface area contributed by atoms with Crippen LogP contribution >= 0.6 is 0 Å². The number of rotatable bonds is 3. The molecular weight excluding hydrogens is 228 g/mol. The molecule has 0 fully saturated rings. The number of aromatic nitrogens is 2. The van der Waals surface area contributed by atoms with Gasteiger partial charge in [-0.05, 0) is 44.0 Å². The highest BCUT2D eigenvalue weighted by atomic mass is 16.4. The molecule has 0 saturated heterocycles. The zero-order chi connectivity index (χ0) is 13.3. The molecule has 1 heterocycles. The van der Waals surface area contributed by atoms with Gasteiger partial charge in [-0.25, -0.2) is 4.79 Å². The van der Waals surface area contributed by atoms with Crippen molar-refractivity contribution in [1.82, 2.24) is 9.78 Å². The number of carboxylic acid groups (broad SMARTS) is 1. The minimum atomic E-state index is -0.906. The van der Waals surface area contributed by atoms with Crippen LogP contribution in [-0.4, -0.2) is 20.9 Å². The Bertz CT molecular complexity index is 600. The SMILES string of the molecule is CCn1cc(-c2cc(C(=O)O)ccc2C)c(C)n1. The molecule has 1 N–H and O–H groups in total. The summed E-state index contributed by atoms with van der Waals surface area (Å²) in [6.07, 6.45) is 1.96. The molecule has 0 atom stereocenters. The molecule has 0 radical (unpaired) electrons. The van der Waals surface area contributed by atoms with E-state index in [-0.39, 0.29) is 0 Å². The highest BCUT2D eigenvalue weighted by Gasteiger charge is 2.12. The molecule has 0 unspecified atom stereocenters. The molecule has 18 heavy (non-hydrogen) atoms. The maximum absolute atomic E-state index is 11.0. The topological polar surface area (TPSA) is 55.1 Å². The van der Waals surface area contributed by atoms with E-state index in [0.29, 0.717) is 5.56 Å². The third-order valence-corrected chi connectivity index (χ3v) is 3.05. The van der Waals surface area contributed by atoms with E-state index >= 15 is 0 Å². The van der Waals surface area contributed by atoms with Gasteiger partial charge in [0.25, 0.3) is 0 Å². The second-order valence-electron chi connectivity index (χ2n) is 4.32. The molecule has 2 aromatic rings. The van der Waals surface area contributed by atoms with Crippen molar-refractivity contribution in [2.75, 3.05) is 0 Å². The fraction of sp³-hybridized carbons (Fsp3) is 0.286. The van der Waals surface area contributed by atoms with Crippen LogP contribution in [0.25, 0.3) is 11.1 Å². The van der Waals surface area contributed by atoms with Gasteiger partial charge in [-0.15, -0.1) is 0 Å². The Labute approximate surface area is 106 Å². The van der Waals surface area contributed by atoms with Crippen LogP contribution in [0.4, 0.5) is 0 Å². The van der Waals surface area contributed by atoms with Crippen molar-refractivity contribution >= 4 is 5.97 Å². The van der Waals surface area contributed by atoms with Crippen molar-refractivity contribution in [1.29, 1.82) is 0 Å². The number of aromatic carboxylic acids is 1. The summed E-state index contributed by atoms with van der Waals surface area (Å²) in [5, 5.41) is 13.4. The van der Waals surface area contributed by atoms with E-state index in [1.54, 1.807) is 12.1 Å². The molecule has 0 spiro atoms. The standard InChI is InChI=1S/C14H16N2O2/c1-4-16-8-13(10(3)15-16)12-7-11(14(17)18)6-5-9(12)2/h5-8H,4H2,1-3H3,(H,17,18). The van der Waals surface area contributed by atoms with Gasteiger partial charge < -0.3 is 5.11 Å². The molecule has 0 bridgehead atoms. The predicted octanol–water partition coefficient (Wildman–Crippen LogP) is 2.89. The first kappa shape index (κ1) is 12.4. The first-order chi connectivity index (χ1) is 8.52. The average molecular weight is 244 g/mol. The summed E-state index contributed by atoms with van der Waals surface area (Å²) in [5.41, 5.74) is 4.21. The zero-order valence-electron chi connectivity index (χ0n) is 10.8.